The number of benzene rings is 3. The molecule has 0 saturated heterocycles. The molecule has 0 saturated carbocycles. The van der Waals surface area contributed by atoms with Crippen molar-refractivity contribution < 1.29 is 13.9 Å². The Balaban J connectivity index is 1.87. The van der Waals surface area contributed by atoms with Crippen LogP contribution in [0.15, 0.2) is 66.7 Å². The van der Waals surface area contributed by atoms with E-state index in [0.717, 1.165) is 10.9 Å². The third kappa shape index (κ3) is 5.64. The number of hydrogen-bond donors (Lipinski definition) is 1. The lowest BCUT2D eigenvalue weighted by Gasteiger charge is -2.23. The summed E-state index contributed by atoms with van der Waals surface area (Å²) in [5, 5.41) is 4.89. The molecule has 3 aromatic carbocycles. The van der Waals surface area contributed by atoms with Crippen molar-refractivity contribution in [3.8, 4) is 11.5 Å². The highest BCUT2D eigenvalue weighted by Gasteiger charge is 2.24. The maximum absolute atomic E-state index is 15.9. The van der Waals surface area contributed by atoms with E-state index in [9.17, 15) is 0 Å². The normalized spacial score (nSPS) is 11.8. The first kappa shape index (κ1) is 24.3. The van der Waals surface area contributed by atoms with Crippen LogP contribution in [0, 0.1) is 12.4 Å². The van der Waals surface area contributed by atoms with Crippen LogP contribution in [0.3, 0.4) is 0 Å². The molecule has 1 aromatic heterocycles. The summed E-state index contributed by atoms with van der Waals surface area (Å²) in [6.07, 6.45) is -0.217. The van der Waals surface area contributed by atoms with E-state index in [4.69, 9.17) is 32.6 Å². The first-order valence-electron chi connectivity index (χ1n) is 11.3. The van der Waals surface area contributed by atoms with Gasteiger partial charge in [-0.2, -0.15) is 0 Å². The molecule has 5 nitrogen and oxygen atoms in total. The van der Waals surface area contributed by atoms with Crippen LogP contribution >= 0.6 is 11.6 Å². The second kappa shape index (κ2) is 10.6. The molecule has 0 radical (unpaired) electrons. The van der Waals surface area contributed by atoms with Crippen LogP contribution in [0.4, 0.5) is 15.8 Å². The quantitative estimate of drug-likeness (QED) is 0.255. The Morgan fingerprint density at radius 3 is 2.51 bits per heavy atom. The van der Waals surface area contributed by atoms with E-state index in [1.165, 1.54) is 0 Å². The molecule has 4 rings (SSSR count). The summed E-state index contributed by atoms with van der Waals surface area (Å²) in [6.45, 7) is 13.2. The van der Waals surface area contributed by atoms with Crippen LogP contribution < -0.4 is 14.8 Å². The fraction of sp³-hybridized carbons (Fsp3) is 0.214. The molecule has 1 N–H and O–H groups in total. The molecule has 0 amide bonds. The largest absolute Gasteiger partial charge is 0.494 e. The van der Waals surface area contributed by atoms with Crippen LogP contribution in [-0.2, 0) is 0 Å². The Labute approximate surface area is 209 Å². The maximum atomic E-state index is 15.9. The topological polar surface area (TPSA) is 47.7 Å². The third-order valence-corrected chi connectivity index (χ3v) is 5.54. The molecule has 0 aliphatic rings. The zero-order valence-corrected chi connectivity index (χ0v) is 20.4. The summed E-state index contributed by atoms with van der Waals surface area (Å²) in [5.41, 5.74) is 2.92. The molecule has 7 heteroatoms. The van der Waals surface area contributed by atoms with Crippen LogP contribution in [0.1, 0.15) is 38.1 Å². The Morgan fingerprint density at radius 1 is 1.06 bits per heavy atom. The number of aromatic nitrogens is 1. The summed E-state index contributed by atoms with van der Waals surface area (Å²) < 4.78 is 27.4. The predicted molar refractivity (Wildman–Crippen MR) is 138 cm³/mol. The number of hydrogen-bond acceptors (Lipinski definition) is 4. The number of nitrogens with zero attached hydrogens (tertiary/aromatic N) is 2. The van der Waals surface area contributed by atoms with Crippen molar-refractivity contribution >= 4 is 33.9 Å². The number of anilines is 1. The lowest BCUT2D eigenvalue weighted by Crippen LogP contribution is -2.17. The average molecular weight is 490 g/mol. The third-order valence-electron chi connectivity index (χ3n) is 5.30. The second-order valence-electron chi connectivity index (χ2n) is 8.23. The number of nitrogens with one attached hydrogen (secondary N) is 1. The predicted octanol–water partition coefficient (Wildman–Crippen LogP) is 7.97. The van der Waals surface area contributed by atoms with Gasteiger partial charge < -0.3 is 14.8 Å². The van der Waals surface area contributed by atoms with Gasteiger partial charge in [0, 0.05) is 27.7 Å². The van der Waals surface area contributed by atoms with Gasteiger partial charge >= 0.3 is 0 Å². The van der Waals surface area contributed by atoms with Crippen molar-refractivity contribution in [2.24, 2.45) is 0 Å². The molecular weight excluding hydrogens is 465 g/mol. The fourth-order valence-corrected chi connectivity index (χ4v) is 3.96. The monoisotopic (exact) mass is 489 g/mol. The highest BCUT2D eigenvalue weighted by Crippen LogP contribution is 2.36. The highest BCUT2D eigenvalue weighted by molar-refractivity contribution is 6.31. The first-order chi connectivity index (χ1) is 16.9. The molecule has 1 atom stereocenters. The number of pyridine rings is 1. The minimum Gasteiger partial charge on any atom is -0.494 e. The van der Waals surface area contributed by atoms with Crippen LogP contribution in [0.25, 0.3) is 15.7 Å². The van der Waals surface area contributed by atoms with Gasteiger partial charge in [0.2, 0.25) is 0 Å². The molecule has 1 unspecified atom stereocenters. The average Bonchev–Trinajstić information content (AvgIpc) is 2.84. The van der Waals surface area contributed by atoms with E-state index in [1.807, 2.05) is 45.0 Å². The smallest absolute Gasteiger partial charge is 0.187 e. The molecule has 0 aliphatic heterocycles. The van der Waals surface area contributed by atoms with Crippen molar-refractivity contribution in [2.75, 3.05) is 11.9 Å². The SMILES string of the molecule is [C-]#[N+]c1ccc(NC(c2ccc3cc(Cl)ccc3n2)c2cc(OCC)cc(OC(C)C)c2F)cc1. The van der Waals surface area contributed by atoms with E-state index < -0.39 is 11.9 Å². The Morgan fingerprint density at radius 2 is 1.83 bits per heavy atom. The Kier molecular flexibility index (Phi) is 7.38. The van der Waals surface area contributed by atoms with Gasteiger partial charge in [-0.25, -0.2) is 9.24 Å². The van der Waals surface area contributed by atoms with E-state index in [1.54, 1.807) is 42.5 Å². The van der Waals surface area contributed by atoms with Gasteiger partial charge in [-0.1, -0.05) is 29.8 Å². The molecule has 178 valence electrons. The van der Waals surface area contributed by atoms with Gasteiger partial charge in [-0.15, -0.1) is 0 Å². The highest BCUT2D eigenvalue weighted by atomic mass is 35.5. The Bertz CT molecular complexity index is 1380. The minimum atomic E-state index is -0.663. The van der Waals surface area contributed by atoms with Gasteiger partial charge in [0.25, 0.3) is 0 Å². The summed E-state index contributed by atoms with van der Waals surface area (Å²) in [4.78, 5) is 8.25. The number of rotatable bonds is 8. The number of fused-ring (bicyclic) bond motifs is 1. The van der Waals surface area contributed by atoms with Gasteiger partial charge in [0.1, 0.15) is 5.75 Å². The van der Waals surface area contributed by atoms with Gasteiger partial charge in [0.15, 0.2) is 17.3 Å². The van der Waals surface area contributed by atoms with E-state index in [-0.39, 0.29) is 11.9 Å². The molecule has 0 bridgehead atoms. The van der Waals surface area contributed by atoms with Crippen LogP contribution in [-0.4, -0.2) is 17.7 Å². The van der Waals surface area contributed by atoms with Crippen molar-refractivity contribution in [3.05, 3.63) is 100 Å². The zero-order valence-electron chi connectivity index (χ0n) is 19.7. The molecule has 35 heavy (non-hydrogen) atoms. The van der Waals surface area contributed by atoms with Gasteiger partial charge in [-0.05, 0) is 63.2 Å². The van der Waals surface area contributed by atoms with Crippen LogP contribution in [0.2, 0.25) is 5.02 Å². The summed E-state index contributed by atoms with van der Waals surface area (Å²) in [7, 11) is 0. The fourth-order valence-electron chi connectivity index (χ4n) is 3.78. The summed E-state index contributed by atoms with van der Waals surface area (Å²) in [5.74, 6) is 0.126. The molecule has 0 spiro atoms. The molecular formula is C28H25ClFN3O2. The minimum absolute atomic E-state index is 0.115. The van der Waals surface area contributed by atoms with Gasteiger partial charge in [-0.3, -0.25) is 4.98 Å². The van der Waals surface area contributed by atoms with Crippen molar-refractivity contribution in [3.63, 3.8) is 0 Å². The maximum Gasteiger partial charge on any atom is 0.187 e. The summed E-state index contributed by atoms with van der Waals surface area (Å²) >= 11 is 6.14. The standard InChI is InChI=1S/C28H25ClFN3O2/c1-5-34-22-15-23(27(30)26(16-22)35-17(2)3)28(32-21-10-8-20(31-4)9-11-21)25-12-6-18-14-19(29)7-13-24(18)33-25/h6-17,28,32H,5H2,1-3H3. The van der Waals surface area contributed by atoms with Crippen molar-refractivity contribution in [1.29, 1.82) is 0 Å². The van der Waals surface area contributed by atoms with E-state index in [2.05, 4.69) is 10.2 Å². The van der Waals surface area contributed by atoms with E-state index in [0.29, 0.717) is 40.0 Å². The van der Waals surface area contributed by atoms with Gasteiger partial charge in [0.05, 0.1) is 36.5 Å². The molecule has 1 heterocycles. The molecule has 0 aliphatic carbocycles. The lowest BCUT2D eigenvalue weighted by molar-refractivity contribution is 0.228. The van der Waals surface area contributed by atoms with Crippen molar-refractivity contribution in [2.45, 2.75) is 32.9 Å². The summed E-state index contributed by atoms with van der Waals surface area (Å²) in [6, 6.07) is 18.8. The molecule has 4 aromatic rings. The first-order valence-corrected chi connectivity index (χ1v) is 11.7. The second-order valence-corrected chi connectivity index (χ2v) is 8.67. The number of halogens is 2. The lowest BCUT2D eigenvalue weighted by atomic mass is 10.00. The zero-order chi connectivity index (χ0) is 24.9. The van der Waals surface area contributed by atoms with Crippen LogP contribution in [0.5, 0.6) is 11.5 Å². The molecule has 0 fully saturated rings. The van der Waals surface area contributed by atoms with E-state index >= 15 is 4.39 Å². The number of ether oxygens (including phenoxy) is 2. The Hall–Kier alpha value is -3.82. The van der Waals surface area contributed by atoms with Crippen molar-refractivity contribution in [1.82, 2.24) is 4.98 Å².